The third-order valence-corrected chi connectivity index (χ3v) is 3.21. The van der Waals surface area contributed by atoms with Crippen LogP contribution in [-0.4, -0.2) is 33.2 Å². The number of hydrogen-bond donors (Lipinski definition) is 0. The lowest BCUT2D eigenvalue weighted by Crippen LogP contribution is -2.46. The maximum Gasteiger partial charge on any atom is 0.170 e. The van der Waals surface area contributed by atoms with Gasteiger partial charge >= 0.3 is 0 Å². The summed E-state index contributed by atoms with van der Waals surface area (Å²) in [4.78, 5) is 0. The van der Waals surface area contributed by atoms with Crippen molar-refractivity contribution in [3.05, 3.63) is 0 Å². The monoisotopic (exact) mass is 188 g/mol. The molecule has 0 N–H and O–H groups in total. The lowest BCUT2D eigenvalue weighted by atomic mass is 9.82. The SMILES string of the molecule is COC1CCC(OC)(OC)C(C)C1. The second kappa shape index (κ2) is 4.40. The van der Waals surface area contributed by atoms with Gasteiger partial charge in [-0.05, 0) is 12.8 Å². The fourth-order valence-corrected chi connectivity index (χ4v) is 2.20. The standard InChI is InChI=1S/C10H20O3/c1-8-7-9(11-2)5-6-10(8,12-3)13-4/h8-9H,5-7H2,1-4H3. The molecule has 0 bridgehead atoms. The van der Waals surface area contributed by atoms with E-state index in [1.54, 1.807) is 21.3 Å². The van der Waals surface area contributed by atoms with E-state index in [0.717, 1.165) is 19.3 Å². The van der Waals surface area contributed by atoms with Crippen LogP contribution >= 0.6 is 0 Å². The smallest absolute Gasteiger partial charge is 0.170 e. The molecule has 3 heteroatoms. The Hall–Kier alpha value is -0.120. The minimum Gasteiger partial charge on any atom is -0.381 e. The van der Waals surface area contributed by atoms with Gasteiger partial charge in [0.1, 0.15) is 0 Å². The van der Waals surface area contributed by atoms with E-state index in [2.05, 4.69) is 6.92 Å². The van der Waals surface area contributed by atoms with E-state index in [0.29, 0.717) is 12.0 Å². The second-order valence-corrected chi connectivity index (χ2v) is 3.75. The summed E-state index contributed by atoms with van der Waals surface area (Å²) >= 11 is 0. The molecule has 2 atom stereocenters. The number of methoxy groups -OCH3 is 3. The Kier molecular flexibility index (Phi) is 3.71. The van der Waals surface area contributed by atoms with Crippen LogP contribution in [0.4, 0.5) is 0 Å². The molecule has 1 saturated carbocycles. The van der Waals surface area contributed by atoms with Gasteiger partial charge in [-0.3, -0.25) is 0 Å². The molecule has 1 aliphatic carbocycles. The Morgan fingerprint density at radius 1 is 1.15 bits per heavy atom. The molecule has 0 saturated heterocycles. The molecule has 0 spiro atoms. The summed E-state index contributed by atoms with van der Waals surface area (Å²) in [5, 5.41) is 0. The average Bonchev–Trinajstić information content (AvgIpc) is 2.18. The van der Waals surface area contributed by atoms with Gasteiger partial charge in [0.25, 0.3) is 0 Å². The zero-order valence-electron chi connectivity index (χ0n) is 9.00. The van der Waals surface area contributed by atoms with Gasteiger partial charge in [0.05, 0.1) is 6.10 Å². The molecule has 0 radical (unpaired) electrons. The molecule has 1 fully saturated rings. The van der Waals surface area contributed by atoms with Gasteiger partial charge < -0.3 is 14.2 Å². The normalized spacial score (nSPS) is 33.2. The van der Waals surface area contributed by atoms with Gasteiger partial charge in [-0.1, -0.05) is 6.92 Å². The van der Waals surface area contributed by atoms with Crippen molar-refractivity contribution in [2.45, 2.75) is 38.1 Å². The van der Waals surface area contributed by atoms with Gasteiger partial charge in [-0.2, -0.15) is 0 Å². The van der Waals surface area contributed by atoms with Crippen molar-refractivity contribution >= 4 is 0 Å². The molecule has 1 rings (SSSR count). The Morgan fingerprint density at radius 2 is 1.77 bits per heavy atom. The van der Waals surface area contributed by atoms with E-state index in [1.165, 1.54) is 0 Å². The average molecular weight is 188 g/mol. The highest BCUT2D eigenvalue weighted by atomic mass is 16.7. The zero-order chi connectivity index (χ0) is 9.90. The molecular weight excluding hydrogens is 168 g/mol. The predicted molar refractivity (Wildman–Crippen MR) is 50.6 cm³/mol. The largest absolute Gasteiger partial charge is 0.381 e. The van der Waals surface area contributed by atoms with E-state index in [9.17, 15) is 0 Å². The first-order valence-electron chi connectivity index (χ1n) is 4.81. The summed E-state index contributed by atoms with van der Waals surface area (Å²) in [6.07, 6.45) is 3.31. The summed E-state index contributed by atoms with van der Waals surface area (Å²) < 4.78 is 16.2. The fourth-order valence-electron chi connectivity index (χ4n) is 2.20. The van der Waals surface area contributed by atoms with Crippen LogP contribution in [-0.2, 0) is 14.2 Å². The molecule has 0 aliphatic heterocycles. The van der Waals surface area contributed by atoms with Gasteiger partial charge in [-0.25, -0.2) is 0 Å². The maximum absolute atomic E-state index is 5.46. The van der Waals surface area contributed by atoms with Crippen molar-refractivity contribution in [2.24, 2.45) is 5.92 Å². The summed E-state index contributed by atoms with van der Waals surface area (Å²) in [6.45, 7) is 2.15. The fraction of sp³-hybridized carbons (Fsp3) is 1.00. The van der Waals surface area contributed by atoms with Crippen LogP contribution in [0.3, 0.4) is 0 Å². The van der Waals surface area contributed by atoms with Crippen molar-refractivity contribution < 1.29 is 14.2 Å². The van der Waals surface area contributed by atoms with Crippen LogP contribution in [0.2, 0.25) is 0 Å². The van der Waals surface area contributed by atoms with Crippen molar-refractivity contribution in [3.63, 3.8) is 0 Å². The molecule has 0 aromatic carbocycles. The molecular formula is C10H20O3. The summed E-state index contributed by atoms with van der Waals surface area (Å²) in [5.74, 6) is 0.0101. The lowest BCUT2D eigenvalue weighted by molar-refractivity contribution is -0.260. The lowest BCUT2D eigenvalue weighted by Gasteiger charge is -2.42. The zero-order valence-corrected chi connectivity index (χ0v) is 9.00. The predicted octanol–water partition coefficient (Wildman–Crippen LogP) is 1.81. The minimum atomic E-state index is -0.380. The first-order valence-corrected chi connectivity index (χ1v) is 4.81. The van der Waals surface area contributed by atoms with E-state index in [-0.39, 0.29) is 5.79 Å². The first-order chi connectivity index (χ1) is 6.18. The Balaban J connectivity index is 2.60. The molecule has 13 heavy (non-hydrogen) atoms. The summed E-state index contributed by atoms with van der Waals surface area (Å²) in [6, 6.07) is 0. The first kappa shape index (κ1) is 11.0. The van der Waals surface area contributed by atoms with E-state index in [1.807, 2.05) is 0 Å². The molecule has 78 valence electrons. The Morgan fingerprint density at radius 3 is 2.15 bits per heavy atom. The third kappa shape index (κ3) is 2.03. The highest BCUT2D eigenvalue weighted by Crippen LogP contribution is 2.37. The van der Waals surface area contributed by atoms with Crippen LogP contribution in [0.5, 0.6) is 0 Å². The van der Waals surface area contributed by atoms with Gasteiger partial charge in [0.15, 0.2) is 5.79 Å². The highest BCUT2D eigenvalue weighted by Gasteiger charge is 2.41. The minimum absolute atomic E-state index is 0.369. The number of rotatable bonds is 3. The van der Waals surface area contributed by atoms with Crippen LogP contribution in [0.1, 0.15) is 26.2 Å². The summed E-state index contributed by atoms with van der Waals surface area (Å²) in [7, 11) is 5.20. The van der Waals surface area contributed by atoms with Crippen molar-refractivity contribution in [2.75, 3.05) is 21.3 Å². The van der Waals surface area contributed by atoms with E-state index in [4.69, 9.17) is 14.2 Å². The van der Waals surface area contributed by atoms with Crippen molar-refractivity contribution in [3.8, 4) is 0 Å². The van der Waals surface area contributed by atoms with E-state index >= 15 is 0 Å². The Bertz CT molecular complexity index is 154. The van der Waals surface area contributed by atoms with Crippen LogP contribution in [0, 0.1) is 5.92 Å². The van der Waals surface area contributed by atoms with Crippen molar-refractivity contribution in [1.82, 2.24) is 0 Å². The summed E-state index contributed by atoms with van der Waals surface area (Å²) in [5.41, 5.74) is 0. The number of ether oxygens (including phenoxy) is 3. The third-order valence-electron chi connectivity index (χ3n) is 3.21. The molecule has 0 heterocycles. The topological polar surface area (TPSA) is 27.7 Å². The van der Waals surface area contributed by atoms with Crippen LogP contribution < -0.4 is 0 Å². The van der Waals surface area contributed by atoms with Gasteiger partial charge in [0.2, 0.25) is 0 Å². The molecule has 2 unspecified atom stereocenters. The van der Waals surface area contributed by atoms with Gasteiger partial charge in [-0.15, -0.1) is 0 Å². The molecule has 1 aliphatic rings. The Labute approximate surface area is 80.4 Å². The van der Waals surface area contributed by atoms with Gasteiger partial charge in [0, 0.05) is 33.7 Å². The number of hydrogen-bond acceptors (Lipinski definition) is 3. The second-order valence-electron chi connectivity index (χ2n) is 3.75. The quantitative estimate of drug-likeness (QED) is 0.632. The maximum atomic E-state index is 5.46. The molecule has 3 nitrogen and oxygen atoms in total. The molecule has 0 aromatic heterocycles. The molecule has 0 amide bonds. The molecule has 0 aromatic rings. The highest BCUT2D eigenvalue weighted by molar-refractivity contribution is 4.85. The van der Waals surface area contributed by atoms with Crippen molar-refractivity contribution in [1.29, 1.82) is 0 Å². The van der Waals surface area contributed by atoms with Crippen LogP contribution in [0.25, 0.3) is 0 Å². The van der Waals surface area contributed by atoms with E-state index < -0.39 is 0 Å². The van der Waals surface area contributed by atoms with Crippen LogP contribution in [0.15, 0.2) is 0 Å².